The first kappa shape index (κ1) is 28.5. The van der Waals surface area contributed by atoms with Gasteiger partial charge >= 0.3 is 0 Å². The van der Waals surface area contributed by atoms with Crippen LogP contribution in [0.4, 0.5) is 0 Å². The largest absolute Gasteiger partial charge is 0.344 e. The number of aryl methyl sites for hydroxylation is 2. The predicted octanol–water partition coefficient (Wildman–Crippen LogP) is 11.1. The Labute approximate surface area is 289 Å². The molecule has 0 radical (unpaired) electrons. The summed E-state index contributed by atoms with van der Waals surface area (Å²) >= 11 is 0. The van der Waals surface area contributed by atoms with E-state index >= 15 is 0 Å². The topological polar surface area (TPSA) is 35.6 Å². The minimum Gasteiger partial charge on any atom is -0.344 e. The summed E-state index contributed by atoms with van der Waals surface area (Å²) in [6.45, 7) is 0. The van der Waals surface area contributed by atoms with Gasteiger partial charge in [-0.15, -0.1) is 0 Å². The van der Waals surface area contributed by atoms with Gasteiger partial charge in [0.05, 0.1) is 22.4 Å². The lowest BCUT2D eigenvalue weighted by Gasteiger charge is -2.18. The second-order valence-corrected chi connectivity index (χ2v) is 13.1. The average Bonchev–Trinajstić information content (AvgIpc) is 3.62. The van der Waals surface area contributed by atoms with E-state index in [9.17, 15) is 0 Å². The molecule has 10 rings (SSSR count). The predicted molar refractivity (Wildman–Crippen MR) is 209 cm³/mol. The highest BCUT2D eigenvalue weighted by atomic mass is 14.9. The third-order valence-corrected chi connectivity index (χ3v) is 10.4. The van der Waals surface area contributed by atoms with Gasteiger partial charge in [0.15, 0.2) is 0 Å². The highest BCUT2D eigenvalue weighted by Crippen LogP contribution is 2.41. The van der Waals surface area contributed by atoms with Gasteiger partial charge in [0.2, 0.25) is 0 Å². The zero-order valence-electron chi connectivity index (χ0n) is 27.8. The van der Waals surface area contributed by atoms with Crippen molar-refractivity contribution in [3.63, 3.8) is 0 Å². The minimum atomic E-state index is 0.887. The van der Waals surface area contributed by atoms with Gasteiger partial charge in [-0.1, -0.05) is 97.1 Å². The quantitative estimate of drug-likeness (QED) is 0.192. The molecule has 4 heterocycles. The van der Waals surface area contributed by atoms with Gasteiger partial charge in [-0.2, -0.15) is 0 Å². The van der Waals surface area contributed by atoms with E-state index in [0.717, 1.165) is 55.5 Å². The lowest BCUT2D eigenvalue weighted by molar-refractivity contribution is 1.01. The van der Waals surface area contributed by atoms with Crippen LogP contribution in [0.25, 0.3) is 76.6 Å². The number of benzene rings is 6. The highest BCUT2D eigenvalue weighted by Gasteiger charge is 2.22. The van der Waals surface area contributed by atoms with E-state index in [4.69, 9.17) is 9.97 Å². The number of hydrogen-bond donors (Lipinski definition) is 0. The summed E-state index contributed by atoms with van der Waals surface area (Å²) in [4.78, 5) is 10.7. The molecule has 0 aliphatic carbocycles. The van der Waals surface area contributed by atoms with Crippen molar-refractivity contribution < 1.29 is 0 Å². The van der Waals surface area contributed by atoms with E-state index in [1.165, 1.54) is 43.6 Å². The molecule has 0 aliphatic rings. The third-order valence-electron chi connectivity index (χ3n) is 10.4. The lowest BCUT2D eigenvalue weighted by Crippen LogP contribution is -2.02. The van der Waals surface area contributed by atoms with Crippen LogP contribution in [0.2, 0.25) is 0 Å². The molecule has 0 N–H and O–H groups in total. The SMILES string of the molecule is Cn1c2ccccc2c2cc(C(=C(c3ccc4ccccc4n3)c3ccc4ccccc4n3)c3ccc4c(c3)c3ccccc3n4C)ccc21. The molecule has 0 unspecified atom stereocenters. The number of nitrogens with zero attached hydrogens (tertiary/aromatic N) is 4. The van der Waals surface area contributed by atoms with E-state index < -0.39 is 0 Å². The first-order chi connectivity index (χ1) is 24.6. The minimum absolute atomic E-state index is 0.887. The number of rotatable bonds is 4. The maximum absolute atomic E-state index is 5.33. The van der Waals surface area contributed by atoms with E-state index in [0.29, 0.717) is 0 Å². The first-order valence-corrected chi connectivity index (χ1v) is 17.0. The van der Waals surface area contributed by atoms with Crippen LogP contribution in [0.3, 0.4) is 0 Å². The fourth-order valence-corrected chi connectivity index (χ4v) is 7.90. The Hall–Kier alpha value is -6.52. The van der Waals surface area contributed by atoms with Gasteiger partial charge < -0.3 is 9.13 Å². The zero-order valence-corrected chi connectivity index (χ0v) is 27.8. The summed E-state index contributed by atoms with van der Waals surface area (Å²) in [6, 6.07) is 56.5. The molecule has 0 bridgehead atoms. The van der Waals surface area contributed by atoms with E-state index in [2.05, 4.69) is 181 Å². The molecule has 4 aromatic heterocycles. The number of aromatic nitrogens is 4. The van der Waals surface area contributed by atoms with Crippen molar-refractivity contribution in [3.8, 4) is 0 Å². The molecule has 0 fully saturated rings. The maximum Gasteiger partial charge on any atom is 0.0737 e. The molecule has 6 aromatic carbocycles. The monoisotopic (exact) mass is 640 g/mol. The Kier molecular flexibility index (Phi) is 6.27. The second-order valence-electron chi connectivity index (χ2n) is 13.1. The highest BCUT2D eigenvalue weighted by molar-refractivity contribution is 6.14. The molecule has 0 amide bonds. The van der Waals surface area contributed by atoms with Crippen molar-refractivity contribution in [3.05, 3.63) is 180 Å². The molecule has 50 heavy (non-hydrogen) atoms. The first-order valence-electron chi connectivity index (χ1n) is 17.0. The van der Waals surface area contributed by atoms with E-state index in [1.807, 2.05) is 0 Å². The molecule has 0 spiro atoms. The van der Waals surface area contributed by atoms with Gasteiger partial charge in [0.25, 0.3) is 0 Å². The fourth-order valence-electron chi connectivity index (χ4n) is 7.90. The number of fused-ring (bicyclic) bond motifs is 8. The molecule has 236 valence electrons. The van der Waals surface area contributed by atoms with Crippen molar-refractivity contribution in [2.24, 2.45) is 14.1 Å². The number of pyridine rings is 2. The van der Waals surface area contributed by atoms with E-state index in [1.54, 1.807) is 0 Å². The van der Waals surface area contributed by atoms with Gasteiger partial charge in [-0.25, -0.2) is 9.97 Å². The summed E-state index contributed by atoms with van der Waals surface area (Å²) in [5.41, 5.74) is 12.9. The van der Waals surface area contributed by atoms with Crippen LogP contribution in [0.15, 0.2) is 158 Å². The molecule has 0 saturated carbocycles. The van der Waals surface area contributed by atoms with Crippen molar-refractivity contribution in [1.82, 2.24) is 19.1 Å². The van der Waals surface area contributed by atoms with Crippen LogP contribution in [-0.4, -0.2) is 19.1 Å². The molecule has 0 saturated heterocycles. The Morgan fingerprint density at radius 3 is 1.30 bits per heavy atom. The molecule has 10 aromatic rings. The third kappa shape index (κ3) is 4.32. The van der Waals surface area contributed by atoms with Gasteiger partial charge in [-0.3, -0.25) is 0 Å². The van der Waals surface area contributed by atoms with Crippen molar-refractivity contribution in [2.45, 2.75) is 0 Å². The fraction of sp³-hybridized carbons (Fsp3) is 0.0435. The number of hydrogen-bond acceptors (Lipinski definition) is 2. The normalized spacial score (nSPS) is 11.8. The summed E-state index contributed by atoms with van der Waals surface area (Å²) in [6.07, 6.45) is 0. The Bertz CT molecular complexity index is 2810. The van der Waals surface area contributed by atoms with E-state index in [-0.39, 0.29) is 0 Å². The molecule has 0 aliphatic heterocycles. The standard InChI is InChI=1S/C46H32N4/c1-49-41-17-9-5-13-33(41)35-27-31(21-25-43(35)49)45(32-22-26-44-36(28-32)34-14-6-10-18-42(34)50(44)2)46(39-23-19-29-11-3-7-15-37(29)47-39)40-24-20-30-12-4-8-16-38(30)48-40/h3-28H,1-2H3. The maximum atomic E-state index is 5.33. The average molecular weight is 641 g/mol. The molecular weight excluding hydrogens is 609 g/mol. The Balaban J connectivity index is 1.36. The molecule has 0 atom stereocenters. The Morgan fingerprint density at radius 2 is 0.800 bits per heavy atom. The van der Waals surface area contributed by atoms with Gasteiger partial charge in [0.1, 0.15) is 0 Å². The summed E-state index contributed by atoms with van der Waals surface area (Å²) < 4.78 is 4.58. The molecule has 4 nitrogen and oxygen atoms in total. The summed E-state index contributed by atoms with van der Waals surface area (Å²) in [7, 11) is 4.30. The summed E-state index contributed by atoms with van der Waals surface area (Å²) in [5.74, 6) is 0. The van der Waals surface area contributed by atoms with Crippen molar-refractivity contribution >= 4 is 76.6 Å². The van der Waals surface area contributed by atoms with Crippen molar-refractivity contribution in [2.75, 3.05) is 0 Å². The summed E-state index contributed by atoms with van der Waals surface area (Å²) in [5, 5.41) is 7.15. The van der Waals surface area contributed by atoms with Gasteiger partial charge in [-0.05, 0) is 71.8 Å². The second kappa shape index (κ2) is 11.0. The van der Waals surface area contributed by atoms with Crippen LogP contribution < -0.4 is 0 Å². The van der Waals surface area contributed by atoms with Crippen LogP contribution in [-0.2, 0) is 14.1 Å². The Morgan fingerprint density at radius 1 is 0.380 bits per heavy atom. The molecular formula is C46H32N4. The number of para-hydroxylation sites is 4. The molecule has 4 heteroatoms. The van der Waals surface area contributed by atoms with Crippen LogP contribution in [0.5, 0.6) is 0 Å². The van der Waals surface area contributed by atoms with Gasteiger partial charge in [0, 0.05) is 79.6 Å². The zero-order chi connectivity index (χ0) is 33.3. The van der Waals surface area contributed by atoms with Crippen LogP contribution in [0.1, 0.15) is 22.5 Å². The van der Waals surface area contributed by atoms with Crippen LogP contribution >= 0.6 is 0 Å². The van der Waals surface area contributed by atoms with Crippen molar-refractivity contribution in [1.29, 1.82) is 0 Å². The smallest absolute Gasteiger partial charge is 0.0737 e. The lowest BCUT2D eigenvalue weighted by atomic mass is 9.87. The van der Waals surface area contributed by atoms with Crippen LogP contribution in [0, 0.1) is 0 Å².